The third-order valence-corrected chi connectivity index (χ3v) is 4.05. The number of nitrogens with zero attached hydrogens (tertiary/aromatic N) is 2. The number of nitrogens with one attached hydrogen (secondary N) is 3. The van der Waals surface area contributed by atoms with Gasteiger partial charge in [0.25, 0.3) is 0 Å². The van der Waals surface area contributed by atoms with Crippen molar-refractivity contribution in [3.05, 3.63) is 29.8 Å². The maximum Gasteiger partial charge on any atom is 0.225 e. The normalized spacial score (nSPS) is 16.0. The van der Waals surface area contributed by atoms with Crippen LogP contribution in [0.3, 0.4) is 0 Å². The van der Waals surface area contributed by atoms with Crippen molar-refractivity contribution in [3.8, 4) is 0 Å². The maximum atomic E-state index is 11.9. The predicted molar refractivity (Wildman–Crippen MR) is 115 cm³/mol. The molecule has 7 nitrogen and oxygen atoms in total. The van der Waals surface area contributed by atoms with E-state index >= 15 is 0 Å². The van der Waals surface area contributed by atoms with Crippen molar-refractivity contribution in [1.29, 1.82) is 0 Å². The maximum absolute atomic E-state index is 11.9. The molecule has 2 amide bonds. The first-order chi connectivity index (χ1) is 12.0. The van der Waals surface area contributed by atoms with Crippen LogP contribution in [-0.4, -0.2) is 56.4 Å². The minimum atomic E-state index is 0. The van der Waals surface area contributed by atoms with Crippen LogP contribution in [-0.2, 0) is 9.59 Å². The van der Waals surface area contributed by atoms with E-state index in [0.717, 1.165) is 17.8 Å². The van der Waals surface area contributed by atoms with E-state index in [9.17, 15) is 9.59 Å². The van der Waals surface area contributed by atoms with Crippen LogP contribution in [0, 0.1) is 0 Å². The number of carbonyl (C=O) groups excluding carboxylic acids is 2. The molecular weight excluding hydrogens is 445 g/mol. The number of halogens is 1. The van der Waals surface area contributed by atoms with Gasteiger partial charge in [0.15, 0.2) is 5.96 Å². The Morgan fingerprint density at radius 3 is 2.73 bits per heavy atom. The summed E-state index contributed by atoms with van der Waals surface area (Å²) in [4.78, 5) is 29.7. The molecule has 1 heterocycles. The predicted octanol–water partition coefficient (Wildman–Crippen LogP) is 1.76. The van der Waals surface area contributed by atoms with Crippen molar-refractivity contribution < 1.29 is 9.59 Å². The molecule has 1 unspecified atom stereocenters. The number of guanidine groups is 1. The average Bonchev–Trinajstić information content (AvgIpc) is 2.58. The quantitative estimate of drug-likeness (QED) is 0.334. The van der Waals surface area contributed by atoms with Gasteiger partial charge in [-0.3, -0.25) is 14.6 Å². The first kappa shape index (κ1) is 22.2. The van der Waals surface area contributed by atoms with E-state index in [1.807, 2.05) is 31.2 Å². The molecule has 0 aliphatic carbocycles. The third-order valence-electron chi connectivity index (χ3n) is 4.05. The molecule has 1 aromatic carbocycles. The molecule has 144 valence electrons. The van der Waals surface area contributed by atoms with E-state index in [2.05, 4.69) is 20.9 Å². The SMILES string of the molecule is CCNC(=NCC1CC(=O)Nc2ccccc21)NCCC(=O)N(C)C.I. The number of anilines is 1. The van der Waals surface area contributed by atoms with Gasteiger partial charge in [0.1, 0.15) is 0 Å². The Bertz CT molecular complexity index is 648. The number of para-hydroxylation sites is 1. The van der Waals surface area contributed by atoms with Crippen LogP contribution in [0.2, 0.25) is 0 Å². The second-order valence-corrected chi connectivity index (χ2v) is 6.22. The molecule has 0 radical (unpaired) electrons. The third kappa shape index (κ3) is 6.47. The summed E-state index contributed by atoms with van der Waals surface area (Å²) < 4.78 is 0. The summed E-state index contributed by atoms with van der Waals surface area (Å²) >= 11 is 0. The zero-order valence-electron chi connectivity index (χ0n) is 15.5. The zero-order valence-corrected chi connectivity index (χ0v) is 17.9. The van der Waals surface area contributed by atoms with Crippen molar-refractivity contribution in [2.24, 2.45) is 4.99 Å². The lowest BCUT2D eigenvalue weighted by molar-refractivity contribution is -0.128. The summed E-state index contributed by atoms with van der Waals surface area (Å²) in [5, 5.41) is 9.24. The Kier molecular flexibility index (Phi) is 9.39. The highest BCUT2D eigenvalue weighted by atomic mass is 127. The summed E-state index contributed by atoms with van der Waals surface area (Å²) in [5.41, 5.74) is 1.98. The Balaban J connectivity index is 0.00000338. The van der Waals surface area contributed by atoms with Crippen LogP contribution >= 0.6 is 24.0 Å². The van der Waals surface area contributed by atoms with Crippen molar-refractivity contribution in [1.82, 2.24) is 15.5 Å². The number of carbonyl (C=O) groups is 2. The molecule has 1 aromatic rings. The van der Waals surface area contributed by atoms with Crippen LogP contribution in [0.25, 0.3) is 0 Å². The van der Waals surface area contributed by atoms with E-state index < -0.39 is 0 Å². The fourth-order valence-corrected chi connectivity index (χ4v) is 2.72. The second-order valence-electron chi connectivity index (χ2n) is 6.22. The van der Waals surface area contributed by atoms with Gasteiger partial charge in [-0.2, -0.15) is 0 Å². The fourth-order valence-electron chi connectivity index (χ4n) is 2.72. The van der Waals surface area contributed by atoms with Gasteiger partial charge in [-0.1, -0.05) is 18.2 Å². The number of hydrogen-bond acceptors (Lipinski definition) is 3. The molecule has 26 heavy (non-hydrogen) atoms. The van der Waals surface area contributed by atoms with Crippen LogP contribution in [0.5, 0.6) is 0 Å². The van der Waals surface area contributed by atoms with Crippen LogP contribution < -0.4 is 16.0 Å². The molecule has 1 atom stereocenters. The highest BCUT2D eigenvalue weighted by molar-refractivity contribution is 14.0. The lowest BCUT2D eigenvalue weighted by atomic mass is 9.91. The van der Waals surface area contributed by atoms with E-state index in [1.165, 1.54) is 0 Å². The first-order valence-electron chi connectivity index (χ1n) is 8.62. The van der Waals surface area contributed by atoms with Gasteiger partial charge in [-0.15, -0.1) is 24.0 Å². The number of rotatable bonds is 6. The van der Waals surface area contributed by atoms with Crippen molar-refractivity contribution >= 4 is 47.4 Å². The van der Waals surface area contributed by atoms with Gasteiger partial charge in [0, 0.05) is 51.6 Å². The number of hydrogen-bond donors (Lipinski definition) is 3. The van der Waals surface area contributed by atoms with Gasteiger partial charge in [0.2, 0.25) is 11.8 Å². The average molecular weight is 473 g/mol. The summed E-state index contributed by atoms with van der Waals surface area (Å²) in [6.07, 6.45) is 0.838. The van der Waals surface area contributed by atoms with Gasteiger partial charge < -0.3 is 20.9 Å². The Hall–Kier alpha value is -1.84. The highest BCUT2D eigenvalue weighted by Crippen LogP contribution is 2.31. The van der Waals surface area contributed by atoms with Crippen molar-refractivity contribution in [2.45, 2.75) is 25.7 Å². The molecule has 0 fully saturated rings. The molecule has 8 heteroatoms. The van der Waals surface area contributed by atoms with E-state index in [-0.39, 0.29) is 41.7 Å². The minimum Gasteiger partial charge on any atom is -0.357 e. The van der Waals surface area contributed by atoms with Gasteiger partial charge >= 0.3 is 0 Å². The lowest BCUT2D eigenvalue weighted by Gasteiger charge is -2.24. The number of amides is 2. The number of benzene rings is 1. The molecular formula is C18H28IN5O2. The fraction of sp³-hybridized carbons (Fsp3) is 0.500. The monoisotopic (exact) mass is 473 g/mol. The van der Waals surface area contributed by atoms with Crippen LogP contribution in [0.1, 0.15) is 31.2 Å². The molecule has 0 saturated heterocycles. The van der Waals surface area contributed by atoms with Crippen molar-refractivity contribution in [3.63, 3.8) is 0 Å². The second kappa shape index (κ2) is 11.0. The Morgan fingerprint density at radius 1 is 1.31 bits per heavy atom. The summed E-state index contributed by atoms with van der Waals surface area (Å²) in [5.74, 6) is 0.816. The summed E-state index contributed by atoms with van der Waals surface area (Å²) in [7, 11) is 3.49. The van der Waals surface area contributed by atoms with Gasteiger partial charge in [0.05, 0.1) is 6.54 Å². The van der Waals surface area contributed by atoms with Gasteiger partial charge in [-0.05, 0) is 18.6 Å². The molecule has 0 aromatic heterocycles. The minimum absolute atomic E-state index is 0. The largest absolute Gasteiger partial charge is 0.357 e. The first-order valence-corrected chi connectivity index (χ1v) is 8.62. The molecule has 1 aliphatic heterocycles. The summed E-state index contributed by atoms with van der Waals surface area (Å²) in [6, 6.07) is 7.84. The topological polar surface area (TPSA) is 85.8 Å². The Labute approximate surface area is 172 Å². The van der Waals surface area contributed by atoms with Crippen LogP contribution in [0.4, 0.5) is 5.69 Å². The van der Waals surface area contributed by atoms with Crippen LogP contribution in [0.15, 0.2) is 29.3 Å². The molecule has 2 rings (SSSR count). The smallest absolute Gasteiger partial charge is 0.225 e. The number of aliphatic imine (C=N–C) groups is 1. The van der Waals surface area contributed by atoms with Gasteiger partial charge in [-0.25, -0.2) is 0 Å². The van der Waals surface area contributed by atoms with E-state index in [1.54, 1.807) is 19.0 Å². The van der Waals surface area contributed by atoms with E-state index in [4.69, 9.17) is 0 Å². The zero-order chi connectivity index (χ0) is 18.2. The van der Waals surface area contributed by atoms with E-state index in [0.29, 0.717) is 31.9 Å². The molecule has 1 aliphatic rings. The van der Waals surface area contributed by atoms with Crippen molar-refractivity contribution in [2.75, 3.05) is 39.0 Å². The summed E-state index contributed by atoms with van der Waals surface area (Å²) in [6.45, 7) is 3.76. The molecule has 0 bridgehead atoms. The molecule has 3 N–H and O–H groups in total. The molecule has 0 spiro atoms. The highest BCUT2D eigenvalue weighted by Gasteiger charge is 2.24. The number of fused-ring (bicyclic) bond motifs is 1. The standard InChI is InChI=1S/C18H27N5O2.HI/c1-4-19-18(20-10-9-17(25)23(2)3)21-12-13-11-16(24)22-15-8-6-5-7-14(13)15;/h5-8,13H,4,9-12H2,1-3H3,(H,22,24)(H2,19,20,21);1H. The lowest BCUT2D eigenvalue weighted by Crippen LogP contribution is -2.39. The Morgan fingerprint density at radius 2 is 2.04 bits per heavy atom. The molecule has 0 saturated carbocycles.